The van der Waals surface area contributed by atoms with Crippen LogP contribution in [0, 0.1) is 0 Å². The van der Waals surface area contributed by atoms with Gasteiger partial charge in [-0.3, -0.25) is 9.69 Å². The topological polar surface area (TPSA) is 80.5 Å². The molecule has 0 radical (unpaired) electrons. The molecule has 1 aromatic heterocycles. The fraction of sp³-hybridized carbons (Fsp3) is 0.438. The SMILES string of the molecule is O=C1NCC2(CCN(Cc3cnon3)CC2)Oc2ccccc21. The molecule has 23 heavy (non-hydrogen) atoms. The van der Waals surface area contributed by atoms with Crippen molar-refractivity contribution in [3.63, 3.8) is 0 Å². The number of likely N-dealkylation sites (tertiary alicyclic amines) is 1. The summed E-state index contributed by atoms with van der Waals surface area (Å²) in [6.07, 6.45) is 3.35. The molecule has 0 aliphatic carbocycles. The van der Waals surface area contributed by atoms with E-state index < -0.39 is 0 Å². The first kappa shape index (κ1) is 14.2. The Hall–Kier alpha value is -2.41. The molecule has 3 heterocycles. The summed E-state index contributed by atoms with van der Waals surface area (Å²) in [5.74, 6) is 0.616. The Kier molecular flexibility index (Phi) is 3.49. The van der Waals surface area contributed by atoms with Crippen molar-refractivity contribution in [2.75, 3.05) is 19.6 Å². The third-order valence-corrected chi connectivity index (χ3v) is 4.59. The van der Waals surface area contributed by atoms with Crippen LogP contribution in [0.4, 0.5) is 0 Å². The van der Waals surface area contributed by atoms with Crippen LogP contribution in [0.1, 0.15) is 28.9 Å². The van der Waals surface area contributed by atoms with Crippen LogP contribution in [0.3, 0.4) is 0 Å². The van der Waals surface area contributed by atoms with Gasteiger partial charge >= 0.3 is 0 Å². The van der Waals surface area contributed by atoms with E-state index in [-0.39, 0.29) is 11.5 Å². The maximum atomic E-state index is 12.2. The molecule has 0 bridgehead atoms. The number of hydrogen-bond donors (Lipinski definition) is 1. The lowest BCUT2D eigenvalue weighted by molar-refractivity contribution is 0.00345. The van der Waals surface area contributed by atoms with Crippen molar-refractivity contribution in [3.8, 4) is 5.75 Å². The normalized spacial score (nSPS) is 20.4. The molecule has 120 valence electrons. The molecule has 1 saturated heterocycles. The van der Waals surface area contributed by atoms with Crippen molar-refractivity contribution in [3.05, 3.63) is 41.7 Å². The number of fused-ring (bicyclic) bond motifs is 1. The van der Waals surface area contributed by atoms with Gasteiger partial charge in [0, 0.05) is 32.5 Å². The smallest absolute Gasteiger partial charge is 0.255 e. The van der Waals surface area contributed by atoms with E-state index in [1.807, 2.05) is 18.2 Å². The fourth-order valence-corrected chi connectivity index (χ4v) is 3.23. The molecule has 1 N–H and O–H groups in total. The van der Waals surface area contributed by atoms with Crippen molar-refractivity contribution in [1.82, 2.24) is 20.5 Å². The second-order valence-electron chi connectivity index (χ2n) is 6.14. The first-order valence-corrected chi connectivity index (χ1v) is 7.79. The van der Waals surface area contributed by atoms with Gasteiger partial charge in [-0.2, -0.15) is 0 Å². The number of carbonyl (C=O) groups excluding carboxylic acids is 1. The zero-order chi connectivity index (χ0) is 15.7. The number of hydrogen-bond acceptors (Lipinski definition) is 6. The number of ether oxygens (including phenoxy) is 1. The lowest BCUT2D eigenvalue weighted by Crippen LogP contribution is -2.53. The number of nitrogens with one attached hydrogen (secondary N) is 1. The molecule has 4 rings (SSSR count). The molecule has 7 nitrogen and oxygen atoms in total. The van der Waals surface area contributed by atoms with Gasteiger partial charge in [0.2, 0.25) is 0 Å². The highest BCUT2D eigenvalue weighted by Crippen LogP contribution is 2.33. The quantitative estimate of drug-likeness (QED) is 0.898. The second-order valence-corrected chi connectivity index (χ2v) is 6.14. The molecule has 0 atom stereocenters. The van der Waals surface area contributed by atoms with Crippen LogP contribution in [0.2, 0.25) is 0 Å². The Labute approximate surface area is 133 Å². The number of aromatic nitrogens is 2. The Bertz CT molecular complexity index is 693. The van der Waals surface area contributed by atoms with Crippen molar-refractivity contribution >= 4 is 5.91 Å². The van der Waals surface area contributed by atoms with Gasteiger partial charge in [-0.15, -0.1) is 0 Å². The Morgan fingerprint density at radius 1 is 1.26 bits per heavy atom. The molecule has 1 fully saturated rings. The van der Waals surface area contributed by atoms with E-state index in [0.717, 1.165) is 38.2 Å². The van der Waals surface area contributed by atoms with Crippen LogP contribution < -0.4 is 10.1 Å². The summed E-state index contributed by atoms with van der Waals surface area (Å²) in [5.41, 5.74) is 1.11. The van der Waals surface area contributed by atoms with Crippen LogP contribution in [0.25, 0.3) is 0 Å². The highest BCUT2D eigenvalue weighted by molar-refractivity contribution is 5.97. The van der Waals surface area contributed by atoms with Crippen molar-refractivity contribution in [2.45, 2.75) is 25.0 Å². The van der Waals surface area contributed by atoms with E-state index in [1.165, 1.54) is 0 Å². The highest BCUT2D eigenvalue weighted by atomic mass is 16.6. The van der Waals surface area contributed by atoms with Crippen LogP contribution in [0.15, 0.2) is 35.1 Å². The standard InChI is InChI=1S/C16H18N4O3/c21-15-13-3-1-2-4-14(13)22-16(11-17-15)5-7-20(8-6-16)10-12-9-18-23-19-12/h1-4,9H,5-8,10-11H2,(H,17,21). The summed E-state index contributed by atoms with van der Waals surface area (Å²) in [5, 5.41) is 10.5. The zero-order valence-electron chi connectivity index (χ0n) is 12.7. The van der Waals surface area contributed by atoms with Crippen LogP contribution in [0.5, 0.6) is 5.75 Å². The summed E-state index contributed by atoms with van der Waals surface area (Å²) in [6.45, 7) is 3.03. The van der Waals surface area contributed by atoms with Crippen molar-refractivity contribution < 1.29 is 14.2 Å². The lowest BCUT2D eigenvalue weighted by atomic mass is 9.91. The third-order valence-electron chi connectivity index (χ3n) is 4.59. The van der Waals surface area contributed by atoms with Gasteiger partial charge in [-0.05, 0) is 12.1 Å². The molecule has 7 heteroatoms. The largest absolute Gasteiger partial charge is 0.485 e. The summed E-state index contributed by atoms with van der Waals surface area (Å²) in [6, 6.07) is 7.43. The summed E-state index contributed by atoms with van der Waals surface area (Å²) in [4.78, 5) is 14.5. The average molecular weight is 314 g/mol. The first-order chi connectivity index (χ1) is 11.2. The van der Waals surface area contributed by atoms with Gasteiger partial charge in [0.15, 0.2) is 0 Å². The maximum Gasteiger partial charge on any atom is 0.255 e. The van der Waals surface area contributed by atoms with Crippen molar-refractivity contribution in [2.24, 2.45) is 0 Å². The van der Waals surface area contributed by atoms with Gasteiger partial charge < -0.3 is 10.1 Å². The lowest BCUT2D eigenvalue weighted by Gasteiger charge is -2.40. The van der Waals surface area contributed by atoms with Gasteiger partial charge in [-0.1, -0.05) is 22.4 Å². The second kappa shape index (κ2) is 5.66. The zero-order valence-corrected chi connectivity index (χ0v) is 12.7. The van der Waals surface area contributed by atoms with Gasteiger partial charge in [0.05, 0.1) is 18.3 Å². The number of nitrogens with zero attached hydrogens (tertiary/aromatic N) is 3. The molecule has 2 aliphatic rings. The Morgan fingerprint density at radius 2 is 2.09 bits per heavy atom. The van der Waals surface area contributed by atoms with Crippen LogP contribution in [-0.2, 0) is 6.54 Å². The van der Waals surface area contributed by atoms with E-state index in [4.69, 9.17) is 4.74 Å². The molecule has 2 aromatic rings. The average Bonchev–Trinajstić information content (AvgIpc) is 3.04. The van der Waals surface area contributed by atoms with Crippen LogP contribution in [-0.4, -0.2) is 46.4 Å². The third kappa shape index (κ3) is 2.79. The predicted molar refractivity (Wildman–Crippen MR) is 80.9 cm³/mol. The van der Waals surface area contributed by atoms with E-state index in [9.17, 15) is 4.79 Å². The molecule has 0 unspecified atom stereocenters. The van der Waals surface area contributed by atoms with Gasteiger partial charge in [0.1, 0.15) is 17.0 Å². The van der Waals surface area contributed by atoms with E-state index in [2.05, 4.69) is 25.2 Å². The number of amides is 1. The molecule has 0 saturated carbocycles. The summed E-state index contributed by atoms with van der Waals surface area (Å²) in [7, 11) is 0. The monoisotopic (exact) mass is 314 g/mol. The maximum absolute atomic E-state index is 12.2. The first-order valence-electron chi connectivity index (χ1n) is 7.79. The van der Waals surface area contributed by atoms with Gasteiger partial charge in [0.25, 0.3) is 5.91 Å². The van der Waals surface area contributed by atoms with E-state index in [0.29, 0.717) is 17.9 Å². The Balaban J connectivity index is 1.47. The molecule has 1 aromatic carbocycles. The Morgan fingerprint density at radius 3 is 2.87 bits per heavy atom. The molecule has 1 spiro atoms. The number of rotatable bonds is 2. The highest BCUT2D eigenvalue weighted by Gasteiger charge is 2.39. The van der Waals surface area contributed by atoms with Crippen LogP contribution >= 0.6 is 0 Å². The van der Waals surface area contributed by atoms with Crippen molar-refractivity contribution in [1.29, 1.82) is 0 Å². The number of benzene rings is 1. The molecule has 2 aliphatic heterocycles. The predicted octanol–water partition coefficient (Wildman–Crippen LogP) is 1.23. The molecular formula is C16H18N4O3. The fourth-order valence-electron chi connectivity index (χ4n) is 3.23. The number of piperidine rings is 1. The van der Waals surface area contributed by atoms with Gasteiger partial charge in [-0.25, -0.2) is 4.63 Å². The molecule has 1 amide bonds. The van der Waals surface area contributed by atoms with E-state index >= 15 is 0 Å². The van der Waals surface area contributed by atoms with E-state index in [1.54, 1.807) is 12.3 Å². The minimum Gasteiger partial charge on any atom is -0.485 e. The summed E-state index contributed by atoms with van der Waals surface area (Å²) >= 11 is 0. The molecular weight excluding hydrogens is 296 g/mol. The number of carbonyl (C=O) groups is 1. The minimum absolute atomic E-state index is 0.0615. The minimum atomic E-state index is -0.333. The number of para-hydroxylation sites is 1. The summed E-state index contributed by atoms with van der Waals surface area (Å²) < 4.78 is 10.9.